The molecule has 4 heteroatoms. The average Bonchev–Trinajstić information content (AvgIpc) is 2.49. The molecule has 23 heavy (non-hydrogen) atoms. The zero-order valence-corrected chi connectivity index (χ0v) is 15.1. The summed E-state index contributed by atoms with van der Waals surface area (Å²) in [6, 6.07) is 8.82. The fraction of sp³-hybridized carbons (Fsp3) is 0.684. The molecule has 130 valence electrons. The first-order valence-electron chi connectivity index (χ1n) is 8.75. The number of nitrogens with zero attached hydrogens (tertiary/aromatic N) is 1. The maximum absolute atomic E-state index is 10.5. The van der Waals surface area contributed by atoms with Gasteiger partial charge in [0.05, 0.1) is 12.2 Å². The van der Waals surface area contributed by atoms with Crippen molar-refractivity contribution < 1.29 is 9.84 Å². The van der Waals surface area contributed by atoms with Gasteiger partial charge < -0.3 is 20.1 Å². The second kappa shape index (κ2) is 8.13. The lowest BCUT2D eigenvalue weighted by Gasteiger charge is -2.40. The van der Waals surface area contributed by atoms with Gasteiger partial charge in [-0.05, 0) is 57.9 Å². The zero-order chi connectivity index (χ0) is 17.0. The van der Waals surface area contributed by atoms with Gasteiger partial charge in [-0.15, -0.1) is 0 Å². The molecule has 0 bridgehead atoms. The van der Waals surface area contributed by atoms with Crippen molar-refractivity contribution in [2.45, 2.75) is 58.4 Å². The van der Waals surface area contributed by atoms with Crippen LogP contribution in [0, 0.1) is 5.92 Å². The fourth-order valence-electron chi connectivity index (χ4n) is 3.27. The van der Waals surface area contributed by atoms with Crippen molar-refractivity contribution in [2.24, 2.45) is 5.92 Å². The molecular weight excluding hydrogens is 288 g/mol. The first-order chi connectivity index (χ1) is 10.9. The maximum Gasteiger partial charge on any atom is 0.120 e. The number of aliphatic hydroxyl groups excluding tert-OH is 1. The topological polar surface area (TPSA) is 44.7 Å². The van der Waals surface area contributed by atoms with Crippen LogP contribution in [0.4, 0.5) is 0 Å². The third-order valence-electron chi connectivity index (χ3n) is 4.80. The van der Waals surface area contributed by atoms with Crippen LogP contribution in [-0.4, -0.2) is 48.3 Å². The Morgan fingerprint density at radius 3 is 2.78 bits per heavy atom. The van der Waals surface area contributed by atoms with Crippen LogP contribution in [0.5, 0.6) is 5.75 Å². The van der Waals surface area contributed by atoms with Crippen molar-refractivity contribution in [1.29, 1.82) is 0 Å². The third kappa shape index (κ3) is 5.20. The second-order valence-electron chi connectivity index (χ2n) is 7.27. The number of hydrogen-bond donors (Lipinski definition) is 2. The van der Waals surface area contributed by atoms with Crippen molar-refractivity contribution in [1.82, 2.24) is 10.2 Å². The molecule has 1 aromatic carbocycles. The zero-order valence-electron chi connectivity index (χ0n) is 15.1. The van der Waals surface area contributed by atoms with E-state index >= 15 is 0 Å². The Kier molecular flexibility index (Phi) is 6.45. The molecule has 1 heterocycles. The summed E-state index contributed by atoms with van der Waals surface area (Å²) in [5.74, 6) is 1.41. The van der Waals surface area contributed by atoms with Crippen LogP contribution >= 0.6 is 0 Å². The molecule has 4 unspecified atom stereocenters. The van der Waals surface area contributed by atoms with E-state index in [1.54, 1.807) is 0 Å². The minimum Gasteiger partial charge on any atom is -0.491 e. The summed E-state index contributed by atoms with van der Waals surface area (Å²) in [4.78, 5) is 2.41. The number of hydrogen-bond acceptors (Lipinski definition) is 4. The first-order valence-corrected chi connectivity index (χ1v) is 8.75. The van der Waals surface area contributed by atoms with Gasteiger partial charge in [0.15, 0.2) is 0 Å². The minimum absolute atomic E-state index is 0.141. The van der Waals surface area contributed by atoms with E-state index in [1.165, 1.54) is 0 Å². The summed E-state index contributed by atoms with van der Waals surface area (Å²) in [6.45, 7) is 10.2. The van der Waals surface area contributed by atoms with Crippen molar-refractivity contribution in [3.8, 4) is 5.75 Å². The van der Waals surface area contributed by atoms with E-state index in [9.17, 15) is 5.11 Å². The smallest absolute Gasteiger partial charge is 0.120 e. The molecular formula is C19H32N2O2. The van der Waals surface area contributed by atoms with Gasteiger partial charge in [0, 0.05) is 25.2 Å². The van der Waals surface area contributed by atoms with Gasteiger partial charge in [0.25, 0.3) is 0 Å². The number of aliphatic hydroxyl groups is 1. The van der Waals surface area contributed by atoms with Crippen molar-refractivity contribution in [2.75, 3.05) is 20.1 Å². The van der Waals surface area contributed by atoms with Gasteiger partial charge in [-0.3, -0.25) is 0 Å². The lowest BCUT2D eigenvalue weighted by Crippen LogP contribution is -2.51. The quantitative estimate of drug-likeness (QED) is 0.846. The molecule has 0 aliphatic carbocycles. The van der Waals surface area contributed by atoms with Crippen molar-refractivity contribution in [3.05, 3.63) is 29.8 Å². The van der Waals surface area contributed by atoms with E-state index in [0.717, 1.165) is 24.3 Å². The van der Waals surface area contributed by atoms with Gasteiger partial charge in [0.2, 0.25) is 0 Å². The maximum atomic E-state index is 10.5. The normalized spacial score (nSPS) is 27.2. The number of benzene rings is 1. The SMILES string of the molecule is CC(C)Oc1cccc(C(O)CNC2CC(C)N(C)CC2C)c1. The molecule has 2 rings (SSSR count). The number of piperidine rings is 1. The van der Waals surface area contributed by atoms with Gasteiger partial charge in [-0.2, -0.15) is 0 Å². The summed E-state index contributed by atoms with van der Waals surface area (Å²) in [7, 11) is 2.19. The summed E-state index contributed by atoms with van der Waals surface area (Å²) >= 11 is 0. The highest BCUT2D eigenvalue weighted by Gasteiger charge is 2.28. The van der Waals surface area contributed by atoms with E-state index in [2.05, 4.69) is 31.1 Å². The van der Waals surface area contributed by atoms with Crippen LogP contribution in [0.2, 0.25) is 0 Å². The van der Waals surface area contributed by atoms with E-state index in [1.807, 2.05) is 38.1 Å². The Labute approximate surface area is 140 Å². The van der Waals surface area contributed by atoms with E-state index in [0.29, 0.717) is 24.5 Å². The van der Waals surface area contributed by atoms with E-state index in [4.69, 9.17) is 4.74 Å². The van der Waals surface area contributed by atoms with Gasteiger partial charge in [-0.1, -0.05) is 19.1 Å². The second-order valence-corrected chi connectivity index (χ2v) is 7.27. The Morgan fingerprint density at radius 1 is 1.35 bits per heavy atom. The number of ether oxygens (including phenoxy) is 1. The van der Waals surface area contributed by atoms with E-state index < -0.39 is 6.10 Å². The Hall–Kier alpha value is -1.10. The van der Waals surface area contributed by atoms with Gasteiger partial charge >= 0.3 is 0 Å². The largest absolute Gasteiger partial charge is 0.491 e. The minimum atomic E-state index is -0.507. The molecule has 0 spiro atoms. The average molecular weight is 320 g/mol. The van der Waals surface area contributed by atoms with Crippen LogP contribution in [0.3, 0.4) is 0 Å². The molecule has 4 nitrogen and oxygen atoms in total. The molecule has 4 atom stereocenters. The molecule has 1 fully saturated rings. The first kappa shape index (κ1) is 18.2. The molecule has 0 saturated carbocycles. The summed E-state index contributed by atoms with van der Waals surface area (Å²) in [5, 5.41) is 14.0. The molecule has 1 aliphatic rings. The van der Waals surface area contributed by atoms with Gasteiger partial charge in [-0.25, -0.2) is 0 Å². The van der Waals surface area contributed by atoms with Crippen LogP contribution in [0.1, 0.15) is 45.8 Å². The molecule has 1 saturated heterocycles. The molecule has 0 amide bonds. The van der Waals surface area contributed by atoms with Crippen molar-refractivity contribution >= 4 is 0 Å². The predicted molar refractivity (Wildman–Crippen MR) is 94.8 cm³/mol. The lowest BCUT2D eigenvalue weighted by atomic mass is 9.89. The fourth-order valence-corrected chi connectivity index (χ4v) is 3.27. The molecule has 1 aliphatic heterocycles. The highest BCUT2D eigenvalue weighted by atomic mass is 16.5. The molecule has 0 radical (unpaired) electrons. The van der Waals surface area contributed by atoms with Crippen LogP contribution in [0.25, 0.3) is 0 Å². The monoisotopic (exact) mass is 320 g/mol. The van der Waals surface area contributed by atoms with Gasteiger partial charge in [0.1, 0.15) is 5.75 Å². The van der Waals surface area contributed by atoms with Crippen LogP contribution in [0.15, 0.2) is 24.3 Å². The van der Waals surface area contributed by atoms with E-state index in [-0.39, 0.29) is 6.10 Å². The molecule has 1 aromatic rings. The van der Waals surface area contributed by atoms with Crippen LogP contribution < -0.4 is 10.1 Å². The molecule has 0 aromatic heterocycles. The van der Waals surface area contributed by atoms with Crippen molar-refractivity contribution in [3.63, 3.8) is 0 Å². The highest BCUT2D eigenvalue weighted by Crippen LogP contribution is 2.23. The summed E-state index contributed by atoms with van der Waals surface area (Å²) < 4.78 is 5.71. The number of likely N-dealkylation sites (tertiary alicyclic amines) is 1. The highest BCUT2D eigenvalue weighted by molar-refractivity contribution is 5.30. The predicted octanol–water partition coefficient (Wildman–Crippen LogP) is 2.83. The Balaban J connectivity index is 1.90. The molecule has 2 N–H and O–H groups in total. The third-order valence-corrected chi connectivity index (χ3v) is 4.80. The number of rotatable bonds is 6. The number of nitrogens with one attached hydrogen (secondary N) is 1. The standard InChI is InChI=1S/C19H32N2O2/c1-13(2)23-17-8-6-7-16(10-17)19(22)11-20-18-9-15(4)21(5)12-14(18)3/h6-8,10,13-15,18-20,22H,9,11-12H2,1-5H3. The summed E-state index contributed by atoms with van der Waals surface area (Å²) in [6.07, 6.45) is 0.760. The lowest BCUT2D eigenvalue weighted by molar-refractivity contribution is 0.105. The summed E-state index contributed by atoms with van der Waals surface area (Å²) in [5.41, 5.74) is 0.907. The van der Waals surface area contributed by atoms with Crippen LogP contribution in [-0.2, 0) is 0 Å². The Morgan fingerprint density at radius 2 is 2.09 bits per heavy atom. The Bertz CT molecular complexity index is 492.